The third-order valence-electron chi connectivity index (χ3n) is 6.43. The van der Waals surface area contributed by atoms with Crippen LogP contribution in [0.15, 0.2) is 54.7 Å². The first kappa shape index (κ1) is 20.6. The maximum absolute atomic E-state index is 13.1. The molecule has 7 nitrogen and oxygen atoms in total. The number of ether oxygens (including phenoxy) is 1. The number of rotatable bonds is 4. The van der Waals surface area contributed by atoms with Gasteiger partial charge in [-0.15, -0.1) is 0 Å². The highest BCUT2D eigenvalue weighted by Crippen LogP contribution is 2.34. The van der Waals surface area contributed by atoms with E-state index in [-0.39, 0.29) is 11.9 Å². The minimum absolute atomic E-state index is 0.0805. The van der Waals surface area contributed by atoms with Gasteiger partial charge in [-0.3, -0.25) is 4.79 Å². The number of fused-ring (bicyclic) bond motifs is 1. The zero-order chi connectivity index (χ0) is 22.1. The number of carbonyl (C=O) groups is 1. The molecule has 1 aromatic heterocycles. The van der Waals surface area contributed by atoms with Gasteiger partial charge in [-0.25, -0.2) is 4.68 Å². The Kier molecular flexibility index (Phi) is 5.57. The summed E-state index contributed by atoms with van der Waals surface area (Å²) in [7, 11) is 2.16. The van der Waals surface area contributed by atoms with Crippen LogP contribution in [0, 0.1) is 6.92 Å². The quantitative estimate of drug-likeness (QED) is 0.688. The molecule has 0 saturated carbocycles. The number of amides is 1. The van der Waals surface area contributed by atoms with Crippen LogP contribution in [0.1, 0.15) is 21.6 Å². The van der Waals surface area contributed by atoms with E-state index in [4.69, 9.17) is 4.74 Å². The van der Waals surface area contributed by atoms with E-state index < -0.39 is 0 Å². The standard InChI is InChI=1S/C25H29N5O2/c1-18-22(16-26-30(18)20-7-4-3-5-8-20)25(31)27-19-15-21-23(9-6-10-24(21)32-17-19)29-13-11-28(2)12-14-29/h3-10,16,19H,11-15,17H2,1-2H3,(H,27,31)/t19-/m0/s1. The lowest BCUT2D eigenvalue weighted by atomic mass is 9.99. The van der Waals surface area contributed by atoms with E-state index in [2.05, 4.69) is 39.4 Å². The predicted octanol–water partition coefficient (Wildman–Crippen LogP) is 2.67. The average molecular weight is 432 g/mol. The fourth-order valence-corrected chi connectivity index (χ4v) is 4.55. The fourth-order valence-electron chi connectivity index (χ4n) is 4.55. The normalized spacial score (nSPS) is 18.7. The van der Waals surface area contributed by atoms with Crippen LogP contribution < -0.4 is 15.0 Å². The van der Waals surface area contributed by atoms with Crippen LogP contribution >= 0.6 is 0 Å². The Morgan fingerprint density at radius 2 is 1.84 bits per heavy atom. The molecule has 1 saturated heterocycles. The molecular weight excluding hydrogens is 402 g/mol. The van der Waals surface area contributed by atoms with Crippen molar-refractivity contribution in [1.82, 2.24) is 20.0 Å². The van der Waals surface area contributed by atoms with E-state index in [9.17, 15) is 4.79 Å². The minimum Gasteiger partial charge on any atom is -0.491 e. The molecule has 1 N–H and O–H groups in total. The van der Waals surface area contributed by atoms with Crippen LogP contribution in [0.3, 0.4) is 0 Å². The maximum atomic E-state index is 13.1. The maximum Gasteiger partial charge on any atom is 0.255 e. The molecular formula is C25H29N5O2. The molecule has 0 aliphatic carbocycles. The predicted molar refractivity (Wildman–Crippen MR) is 125 cm³/mol. The van der Waals surface area contributed by atoms with Crippen LogP contribution in [0.4, 0.5) is 5.69 Å². The lowest BCUT2D eigenvalue weighted by Crippen LogP contribution is -2.46. The molecule has 0 bridgehead atoms. The second kappa shape index (κ2) is 8.67. The van der Waals surface area contributed by atoms with Gasteiger partial charge in [0.15, 0.2) is 0 Å². The van der Waals surface area contributed by atoms with Crippen molar-refractivity contribution in [2.24, 2.45) is 0 Å². The average Bonchev–Trinajstić information content (AvgIpc) is 3.21. The molecule has 2 aliphatic rings. The summed E-state index contributed by atoms with van der Waals surface area (Å²) in [5, 5.41) is 7.61. The third-order valence-corrected chi connectivity index (χ3v) is 6.43. The minimum atomic E-state index is -0.112. The van der Waals surface area contributed by atoms with Crippen molar-refractivity contribution >= 4 is 11.6 Å². The molecule has 0 radical (unpaired) electrons. The Morgan fingerprint density at radius 1 is 1.06 bits per heavy atom. The number of carbonyl (C=O) groups excluding carboxylic acids is 1. The van der Waals surface area contributed by atoms with Crippen LogP contribution in [0.5, 0.6) is 5.75 Å². The zero-order valence-electron chi connectivity index (χ0n) is 18.6. The summed E-state index contributed by atoms with van der Waals surface area (Å²) in [6, 6.07) is 16.0. The molecule has 5 rings (SSSR count). The molecule has 3 aromatic rings. The van der Waals surface area contributed by atoms with E-state index in [0.717, 1.165) is 49.7 Å². The van der Waals surface area contributed by atoms with Crippen molar-refractivity contribution < 1.29 is 9.53 Å². The van der Waals surface area contributed by atoms with Gasteiger partial charge in [0.1, 0.15) is 12.4 Å². The van der Waals surface area contributed by atoms with E-state index in [0.29, 0.717) is 12.2 Å². The van der Waals surface area contributed by atoms with Gasteiger partial charge in [-0.05, 0) is 38.2 Å². The fraction of sp³-hybridized carbons (Fsp3) is 0.360. The number of nitrogens with one attached hydrogen (secondary N) is 1. The number of likely N-dealkylation sites (N-methyl/N-ethyl adjacent to an activating group) is 1. The van der Waals surface area contributed by atoms with Crippen molar-refractivity contribution in [1.29, 1.82) is 0 Å². The van der Waals surface area contributed by atoms with Crippen LogP contribution in [0.25, 0.3) is 5.69 Å². The summed E-state index contributed by atoms with van der Waals surface area (Å²) in [6.45, 7) is 6.50. The summed E-state index contributed by atoms with van der Waals surface area (Å²) in [4.78, 5) is 17.9. The number of para-hydroxylation sites is 1. The SMILES string of the molecule is Cc1c(C(=O)N[C@@H]2COc3cccc(N4CCN(C)CC4)c3C2)cnn1-c1ccccc1. The van der Waals surface area contributed by atoms with E-state index in [1.807, 2.05) is 43.3 Å². The molecule has 7 heteroatoms. The van der Waals surface area contributed by atoms with Crippen molar-refractivity contribution in [2.45, 2.75) is 19.4 Å². The summed E-state index contributed by atoms with van der Waals surface area (Å²) < 4.78 is 7.86. The van der Waals surface area contributed by atoms with Gasteiger partial charge in [-0.2, -0.15) is 5.10 Å². The summed E-state index contributed by atoms with van der Waals surface area (Å²) in [5.74, 6) is 0.818. The Labute approximate surface area is 188 Å². The highest BCUT2D eigenvalue weighted by atomic mass is 16.5. The first-order chi connectivity index (χ1) is 15.6. The Morgan fingerprint density at radius 3 is 2.62 bits per heavy atom. The van der Waals surface area contributed by atoms with Gasteiger partial charge in [0, 0.05) is 43.9 Å². The molecule has 2 aliphatic heterocycles. The highest BCUT2D eigenvalue weighted by Gasteiger charge is 2.27. The van der Waals surface area contributed by atoms with E-state index in [1.165, 1.54) is 11.3 Å². The van der Waals surface area contributed by atoms with Crippen molar-refractivity contribution in [2.75, 3.05) is 44.7 Å². The summed E-state index contributed by atoms with van der Waals surface area (Å²) in [6.07, 6.45) is 2.40. The summed E-state index contributed by atoms with van der Waals surface area (Å²) in [5.41, 5.74) is 4.76. The Bertz CT molecular complexity index is 1100. The largest absolute Gasteiger partial charge is 0.491 e. The molecule has 32 heavy (non-hydrogen) atoms. The van der Waals surface area contributed by atoms with Crippen LogP contribution in [-0.4, -0.2) is 66.5 Å². The van der Waals surface area contributed by atoms with E-state index >= 15 is 0 Å². The molecule has 0 unspecified atom stereocenters. The highest BCUT2D eigenvalue weighted by molar-refractivity contribution is 5.95. The smallest absolute Gasteiger partial charge is 0.255 e. The molecule has 3 heterocycles. The van der Waals surface area contributed by atoms with Crippen molar-refractivity contribution in [3.8, 4) is 11.4 Å². The Balaban J connectivity index is 1.32. The lowest BCUT2D eigenvalue weighted by molar-refractivity contribution is 0.0914. The molecule has 1 fully saturated rings. The molecule has 1 atom stereocenters. The Hall–Kier alpha value is -3.32. The second-order valence-corrected chi connectivity index (χ2v) is 8.62. The number of benzene rings is 2. The molecule has 166 valence electrons. The topological polar surface area (TPSA) is 62.6 Å². The van der Waals surface area contributed by atoms with Crippen molar-refractivity contribution in [3.63, 3.8) is 0 Å². The van der Waals surface area contributed by atoms with Crippen molar-refractivity contribution in [3.05, 3.63) is 71.5 Å². The number of anilines is 1. The summed E-state index contributed by atoms with van der Waals surface area (Å²) >= 11 is 0. The lowest BCUT2D eigenvalue weighted by Gasteiger charge is -2.37. The van der Waals surface area contributed by atoms with Gasteiger partial charge in [-0.1, -0.05) is 24.3 Å². The number of piperazine rings is 1. The number of nitrogens with zero attached hydrogens (tertiary/aromatic N) is 4. The molecule has 2 aromatic carbocycles. The number of hydrogen-bond donors (Lipinski definition) is 1. The van der Waals surface area contributed by atoms with Gasteiger partial charge >= 0.3 is 0 Å². The monoisotopic (exact) mass is 431 g/mol. The van der Waals surface area contributed by atoms with Gasteiger partial charge in [0.2, 0.25) is 0 Å². The van der Waals surface area contributed by atoms with E-state index in [1.54, 1.807) is 10.9 Å². The number of aromatic nitrogens is 2. The second-order valence-electron chi connectivity index (χ2n) is 8.62. The van der Waals surface area contributed by atoms with Gasteiger partial charge in [0.05, 0.1) is 29.2 Å². The first-order valence-corrected chi connectivity index (χ1v) is 11.2. The number of hydrogen-bond acceptors (Lipinski definition) is 5. The third kappa shape index (κ3) is 3.96. The zero-order valence-corrected chi connectivity index (χ0v) is 18.6. The van der Waals surface area contributed by atoms with Gasteiger partial charge < -0.3 is 19.9 Å². The van der Waals surface area contributed by atoms with Gasteiger partial charge in [0.25, 0.3) is 5.91 Å². The molecule has 0 spiro atoms. The van der Waals surface area contributed by atoms with Crippen LogP contribution in [-0.2, 0) is 6.42 Å². The molecule has 1 amide bonds. The van der Waals surface area contributed by atoms with Crippen LogP contribution in [0.2, 0.25) is 0 Å². The first-order valence-electron chi connectivity index (χ1n) is 11.2.